The van der Waals surface area contributed by atoms with Crippen molar-refractivity contribution in [3.63, 3.8) is 0 Å². The Morgan fingerprint density at radius 3 is 2.39 bits per heavy atom. The molecule has 6 nitrogen and oxygen atoms in total. The minimum atomic E-state index is -3.94. The normalized spacial score (nSPS) is 12.4. The smallest absolute Gasteiger partial charge is 0.303 e. The minimum absolute atomic E-state index is 0.0265. The van der Waals surface area contributed by atoms with Gasteiger partial charge in [0.25, 0.3) is 0 Å². The van der Waals surface area contributed by atoms with E-state index in [1.807, 2.05) is 6.92 Å². The molecule has 1 unspecified atom stereocenters. The third-order valence-electron chi connectivity index (χ3n) is 4.67. The van der Waals surface area contributed by atoms with Crippen LogP contribution in [-0.4, -0.2) is 30.5 Å². The van der Waals surface area contributed by atoms with E-state index >= 15 is 0 Å². The Labute approximate surface area is 196 Å². The number of halogens is 3. The molecule has 2 rings (SSSR count). The molecule has 0 amide bonds. The molecule has 168 valence electrons. The lowest BCUT2D eigenvalue weighted by Crippen LogP contribution is -2.29. The molecule has 0 aliphatic carbocycles. The van der Waals surface area contributed by atoms with Crippen LogP contribution in [0.5, 0.6) is 0 Å². The van der Waals surface area contributed by atoms with E-state index in [1.165, 1.54) is 36.4 Å². The molecule has 0 heterocycles. The largest absolute Gasteiger partial charge is 0.481 e. The maximum Gasteiger partial charge on any atom is 0.303 e. The average molecular weight is 507 g/mol. The summed E-state index contributed by atoms with van der Waals surface area (Å²) in [6.07, 6.45) is 1.42. The van der Waals surface area contributed by atoms with Crippen molar-refractivity contribution in [3.8, 4) is 0 Å². The number of ketones is 1. The van der Waals surface area contributed by atoms with Crippen LogP contribution >= 0.6 is 34.8 Å². The van der Waals surface area contributed by atoms with Crippen LogP contribution in [0.15, 0.2) is 36.4 Å². The van der Waals surface area contributed by atoms with E-state index in [0.717, 1.165) is 6.42 Å². The highest BCUT2D eigenvalue weighted by atomic mass is 35.5. The number of aliphatic carboxylic acids is 1. The Hall–Kier alpha value is -1.80. The van der Waals surface area contributed by atoms with Crippen molar-refractivity contribution >= 4 is 62.3 Å². The van der Waals surface area contributed by atoms with Crippen LogP contribution in [-0.2, 0) is 14.8 Å². The number of carbonyl (C=O) groups excluding carboxylic acids is 1. The number of anilines is 1. The third kappa shape index (κ3) is 6.84. The molecule has 0 aliphatic heterocycles. The Morgan fingerprint density at radius 1 is 1.06 bits per heavy atom. The van der Waals surface area contributed by atoms with Gasteiger partial charge in [0, 0.05) is 22.6 Å². The second kappa shape index (κ2) is 11.2. The van der Waals surface area contributed by atoms with Gasteiger partial charge in [-0.05, 0) is 43.2 Å². The van der Waals surface area contributed by atoms with Crippen LogP contribution in [0.4, 0.5) is 5.69 Å². The summed E-state index contributed by atoms with van der Waals surface area (Å²) in [5.74, 6) is -1.55. The summed E-state index contributed by atoms with van der Waals surface area (Å²) in [7, 11) is -3.94. The Morgan fingerprint density at radius 2 is 1.77 bits per heavy atom. The summed E-state index contributed by atoms with van der Waals surface area (Å²) in [6, 6.07) is 8.81. The van der Waals surface area contributed by atoms with Crippen LogP contribution in [0.3, 0.4) is 0 Å². The molecule has 31 heavy (non-hydrogen) atoms. The predicted octanol–water partition coefficient (Wildman–Crippen LogP) is 6.04. The van der Waals surface area contributed by atoms with Crippen LogP contribution in [0.1, 0.15) is 54.9 Å². The van der Waals surface area contributed by atoms with E-state index in [0.29, 0.717) is 17.9 Å². The molecule has 2 N–H and O–H groups in total. The molecule has 1 atom stereocenters. The summed E-state index contributed by atoms with van der Waals surface area (Å²) in [5, 5.41) is 8.48. The fraction of sp³-hybridized carbons (Fsp3) is 0.333. The number of sulfonamides is 1. The van der Waals surface area contributed by atoms with E-state index in [-0.39, 0.29) is 39.7 Å². The molecule has 0 bridgehead atoms. The van der Waals surface area contributed by atoms with Gasteiger partial charge < -0.3 is 5.11 Å². The fourth-order valence-corrected chi connectivity index (χ4v) is 5.37. The van der Waals surface area contributed by atoms with Crippen molar-refractivity contribution < 1.29 is 23.1 Å². The van der Waals surface area contributed by atoms with Gasteiger partial charge in [0.2, 0.25) is 10.0 Å². The van der Waals surface area contributed by atoms with E-state index in [2.05, 4.69) is 4.72 Å². The molecule has 10 heteroatoms. The summed E-state index contributed by atoms with van der Waals surface area (Å²) >= 11 is 18.4. The standard InChI is InChI=1S/C21H22Cl3NO5S/c1-2-3-5-14(9-11-19(26)27)31(29,30)25-18-7-4-6-16(20(18)24)21(28)15-10-8-13(22)12-17(15)23/h4,6-8,10,12,14,25H,2-3,5,9,11H2,1H3,(H,26,27). The molecular formula is C21H22Cl3NO5S. The fourth-order valence-electron chi connectivity index (χ4n) is 3.01. The molecule has 0 aliphatic rings. The van der Waals surface area contributed by atoms with Crippen molar-refractivity contribution in [2.24, 2.45) is 0 Å². The monoisotopic (exact) mass is 505 g/mol. The van der Waals surface area contributed by atoms with E-state index < -0.39 is 27.0 Å². The third-order valence-corrected chi connectivity index (χ3v) is 7.48. The van der Waals surface area contributed by atoms with Gasteiger partial charge in [0.1, 0.15) is 0 Å². The van der Waals surface area contributed by atoms with Crippen LogP contribution in [0, 0.1) is 0 Å². The van der Waals surface area contributed by atoms with Gasteiger partial charge in [0.15, 0.2) is 5.78 Å². The zero-order valence-electron chi connectivity index (χ0n) is 16.7. The summed E-state index contributed by atoms with van der Waals surface area (Å²) < 4.78 is 28.3. The molecule has 0 spiro atoms. The number of carboxylic acid groups (broad SMARTS) is 1. The number of carboxylic acids is 1. The maximum absolute atomic E-state index is 12.9. The van der Waals surface area contributed by atoms with Gasteiger partial charge >= 0.3 is 5.97 Å². The first-order chi connectivity index (χ1) is 14.6. The van der Waals surface area contributed by atoms with Gasteiger partial charge in [-0.1, -0.05) is 60.6 Å². The lowest BCUT2D eigenvalue weighted by atomic mass is 10.0. The molecule has 0 radical (unpaired) electrons. The van der Waals surface area contributed by atoms with Gasteiger partial charge in [-0.15, -0.1) is 0 Å². The first-order valence-corrected chi connectivity index (χ1v) is 12.3. The van der Waals surface area contributed by atoms with Crippen LogP contribution in [0.25, 0.3) is 0 Å². The highest BCUT2D eigenvalue weighted by molar-refractivity contribution is 7.93. The predicted molar refractivity (Wildman–Crippen MR) is 124 cm³/mol. The summed E-state index contributed by atoms with van der Waals surface area (Å²) in [5.41, 5.74) is 0.284. The second-order valence-electron chi connectivity index (χ2n) is 6.96. The Balaban J connectivity index is 2.34. The maximum atomic E-state index is 12.9. The molecule has 0 aromatic heterocycles. The molecule has 2 aromatic rings. The molecule has 2 aromatic carbocycles. The lowest BCUT2D eigenvalue weighted by molar-refractivity contribution is -0.137. The Bertz CT molecular complexity index is 1070. The van der Waals surface area contributed by atoms with Crippen molar-refractivity contribution in [3.05, 3.63) is 62.6 Å². The van der Waals surface area contributed by atoms with Crippen LogP contribution < -0.4 is 4.72 Å². The number of unbranched alkanes of at least 4 members (excludes halogenated alkanes) is 1. The average Bonchev–Trinajstić information content (AvgIpc) is 2.68. The van der Waals surface area contributed by atoms with E-state index in [4.69, 9.17) is 39.9 Å². The van der Waals surface area contributed by atoms with Gasteiger partial charge in [-0.25, -0.2) is 8.42 Å². The van der Waals surface area contributed by atoms with Crippen molar-refractivity contribution in [1.82, 2.24) is 0 Å². The highest BCUT2D eigenvalue weighted by Gasteiger charge is 2.27. The summed E-state index contributed by atoms with van der Waals surface area (Å²) in [4.78, 5) is 23.8. The number of rotatable bonds is 11. The molecule has 0 fully saturated rings. The van der Waals surface area contributed by atoms with Crippen LogP contribution in [0.2, 0.25) is 15.1 Å². The lowest BCUT2D eigenvalue weighted by Gasteiger charge is -2.19. The first kappa shape index (κ1) is 25.5. The number of hydrogen-bond acceptors (Lipinski definition) is 4. The minimum Gasteiger partial charge on any atom is -0.481 e. The number of carbonyl (C=O) groups is 2. The summed E-state index contributed by atoms with van der Waals surface area (Å²) in [6.45, 7) is 1.92. The molecule has 0 saturated heterocycles. The van der Waals surface area contributed by atoms with Crippen molar-refractivity contribution in [2.75, 3.05) is 4.72 Å². The molecule has 0 saturated carbocycles. The topological polar surface area (TPSA) is 101 Å². The zero-order chi connectivity index (χ0) is 23.2. The van der Waals surface area contributed by atoms with E-state index in [9.17, 15) is 18.0 Å². The quantitative estimate of drug-likeness (QED) is 0.362. The molecular weight excluding hydrogens is 485 g/mol. The Kier molecular flexibility index (Phi) is 9.18. The zero-order valence-corrected chi connectivity index (χ0v) is 19.8. The number of hydrogen-bond donors (Lipinski definition) is 2. The number of benzene rings is 2. The van der Waals surface area contributed by atoms with Gasteiger partial charge in [0.05, 0.1) is 21.0 Å². The SMILES string of the molecule is CCCCC(CCC(=O)O)S(=O)(=O)Nc1cccc(C(=O)c2ccc(Cl)cc2Cl)c1Cl. The van der Waals surface area contributed by atoms with E-state index in [1.54, 1.807) is 0 Å². The van der Waals surface area contributed by atoms with Crippen molar-refractivity contribution in [1.29, 1.82) is 0 Å². The second-order valence-corrected chi connectivity index (χ2v) is 10.1. The van der Waals surface area contributed by atoms with Crippen molar-refractivity contribution in [2.45, 2.75) is 44.3 Å². The highest BCUT2D eigenvalue weighted by Crippen LogP contribution is 2.32. The van der Waals surface area contributed by atoms with Gasteiger partial charge in [-0.3, -0.25) is 14.3 Å². The first-order valence-electron chi connectivity index (χ1n) is 9.58. The number of nitrogens with one attached hydrogen (secondary N) is 1. The van der Waals surface area contributed by atoms with Gasteiger partial charge in [-0.2, -0.15) is 0 Å².